The molecule has 2 saturated heterocycles. The molecular formula is C27H33N3O4. The van der Waals surface area contributed by atoms with E-state index in [0.29, 0.717) is 43.6 Å². The van der Waals surface area contributed by atoms with Crippen LogP contribution in [0.3, 0.4) is 0 Å². The minimum absolute atomic E-state index is 0.0197. The summed E-state index contributed by atoms with van der Waals surface area (Å²) in [5.41, 5.74) is 1.48. The maximum absolute atomic E-state index is 13.6. The van der Waals surface area contributed by atoms with Crippen LogP contribution in [0.15, 0.2) is 54.6 Å². The molecule has 4 rings (SSSR count). The van der Waals surface area contributed by atoms with E-state index < -0.39 is 11.8 Å². The Labute approximate surface area is 201 Å². The Kier molecular flexibility index (Phi) is 7.32. The number of piperidine rings is 1. The minimum atomic E-state index is -0.899. The van der Waals surface area contributed by atoms with Gasteiger partial charge in [0.25, 0.3) is 11.8 Å². The minimum Gasteiger partial charge on any atom is -0.354 e. The van der Waals surface area contributed by atoms with Gasteiger partial charge in [-0.2, -0.15) is 0 Å². The average molecular weight is 464 g/mol. The highest BCUT2D eigenvalue weighted by Gasteiger charge is 2.54. The van der Waals surface area contributed by atoms with E-state index in [1.165, 1.54) is 5.56 Å². The number of ether oxygens (including phenoxy) is 1. The van der Waals surface area contributed by atoms with Crippen LogP contribution in [0.5, 0.6) is 0 Å². The Morgan fingerprint density at radius 1 is 0.941 bits per heavy atom. The van der Waals surface area contributed by atoms with E-state index in [1.807, 2.05) is 54.3 Å². The van der Waals surface area contributed by atoms with Crippen LogP contribution in [-0.2, 0) is 16.0 Å². The van der Waals surface area contributed by atoms with E-state index in [1.54, 1.807) is 17.0 Å². The molecule has 2 fully saturated rings. The molecule has 0 bridgehead atoms. The number of likely N-dealkylation sites (tertiary alicyclic amines) is 1. The lowest BCUT2D eigenvalue weighted by Crippen LogP contribution is -2.59. The summed E-state index contributed by atoms with van der Waals surface area (Å²) < 4.78 is 6.22. The van der Waals surface area contributed by atoms with Crippen molar-refractivity contribution in [1.29, 1.82) is 0 Å². The molecular weight excluding hydrogens is 430 g/mol. The molecule has 2 heterocycles. The number of benzene rings is 2. The second kappa shape index (κ2) is 10.4. The predicted molar refractivity (Wildman–Crippen MR) is 129 cm³/mol. The summed E-state index contributed by atoms with van der Waals surface area (Å²) in [5.74, 6) is -0.434. The van der Waals surface area contributed by atoms with Crippen LogP contribution in [0.2, 0.25) is 0 Å². The van der Waals surface area contributed by atoms with Gasteiger partial charge < -0.3 is 15.0 Å². The summed E-state index contributed by atoms with van der Waals surface area (Å²) in [7, 11) is 0. The second-order valence-electron chi connectivity index (χ2n) is 8.95. The summed E-state index contributed by atoms with van der Waals surface area (Å²) in [5, 5.41) is 2.91. The van der Waals surface area contributed by atoms with Gasteiger partial charge in [0.15, 0.2) is 0 Å². The summed E-state index contributed by atoms with van der Waals surface area (Å²) in [6, 6.07) is 16.0. The summed E-state index contributed by atoms with van der Waals surface area (Å²) >= 11 is 0. The van der Waals surface area contributed by atoms with Gasteiger partial charge in [0, 0.05) is 43.6 Å². The first-order chi connectivity index (χ1) is 16.5. The van der Waals surface area contributed by atoms with Gasteiger partial charge in [-0.15, -0.1) is 0 Å². The van der Waals surface area contributed by atoms with Crippen LogP contribution in [0, 0.1) is 0 Å². The lowest BCUT2D eigenvalue weighted by atomic mass is 9.96. The third-order valence-electron chi connectivity index (χ3n) is 6.79. The Balaban J connectivity index is 1.53. The molecule has 2 aromatic carbocycles. The molecule has 34 heavy (non-hydrogen) atoms. The topological polar surface area (TPSA) is 79.0 Å². The first kappa shape index (κ1) is 24.0. The zero-order chi connectivity index (χ0) is 24.1. The lowest BCUT2D eigenvalue weighted by molar-refractivity contribution is -0.128. The van der Waals surface area contributed by atoms with Crippen LogP contribution >= 0.6 is 0 Å². The number of nitrogens with zero attached hydrogens (tertiary/aromatic N) is 2. The zero-order valence-electron chi connectivity index (χ0n) is 20.0. The van der Waals surface area contributed by atoms with Gasteiger partial charge in [-0.3, -0.25) is 19.3 Å². The third-order valence-corrected chi connectivity index (χ3v) is 6.79. The Bertz CT molecular complexity index is 1010. The molecule has 0 aliphatic carbocycles. The zero-order valence-corrected chi connectivity index (χ0v) is 20.0. The van der Waals surface area contributed by atoms with Crippen LogP contribution in [0.4, 0.5) is 0 Å². The second-order valence-corrected chi connectivity index (χ2v) is 8.95. The molecule has 1 spiro atoms. The largest absolute Gasteiger partial charge is 0.354 e. The van der Waals surface area contributed by atoms with Crippen molar-refractivity contribution >= 4 is 17.7 Å². The number of nitrogens with one attached hydrogen (secondary N) is 1. The molecule has 3 amide bonds. The summed E-state index contributed by atoms with van der Waals surface area (Å²) in [6.07, 6.45) is 2.66. The van der Waals surface area contributed by atoms with Crippen molar-refractivity contribution < 1.29 is 19.1 Å². The van der Waals surface area contributed by atoms with E-state index in [-0.39, 0.29) is 24.3 Å². The van der Waals surface area contributed by atoms with Gasteiger partial charge in [0.2, 0.25) is 5.91 Å². The van der Waals surface area contributed by atoms with Gasteiger partial charge in [0.1, 0.15) is 11.8 Å². The van der Waals surface area contributed by atoms with Crippen molar-refractivity contribution in [1.82, 2.24) is 15.1 Å². The highest BCUT2D eigenvalue weighted by atomic mass is 16.5. The van der Waals surface area contributed by atoms with Crippen molar-refractivity contribution in [2.45, 2.75) is 51.3 Å². The standard InChI is InChI=1S/C27H33N3O4/c1-3-16-28-24(31)23-19-34-27(30(23)26(33)21-8-6-5-7-9-21)14-17-29(18-15-27)25(32)22-12-10-20(4-2)11-13-22/h5-13,23H,3-4,14-19H2,1-2H3,(H,28,31). The van der Waals surface area contributed by atoms with Crippen molar-refractivity contribution in [2.75, 3.05) is 26.2 Å². The third kappa shape index (κ3) is 4.71. The van der Waals surface area contributed by atoms with Crippen LogP contribution in [-0.4, -0.2) is 65.5 Å². The highest BCUT2D eigenvalue weighted by Crippen LogP contribution is 2.38. The maximum Gasteiger partial charge on any atom is 0.256 e. The fourth-order valence-electron chi connectivity index (χ4n) is 4.78. The smallest absolute Gasteiger partial charge is 0.256 e. The van der Waals surface area contributed by atoms with E-state index in [9.17, 15) is 14.4 Å². The van der Waals surface area contributed by atoms with E-state index in [2.05, 4.69) is 12.2 Å². The monoisotopic (exact) mass is 463 g/mol. The van der Waals surface area contributed by atoms with E-state index in [0.717, 1.165) is 12.8 Å². The molecule has 7 nitrogen and oxygen atoms in total. The fraction of sp³-hybridized carbons (Fsp3) is 0.444. The van der Waals surface area contributed by atoms with Crippen molar-refractivity contribution in [3.8, 4) is 0 Å². The summed E-state index contributed by atoms with van der Waals surface area (Å²) in [4.78, 5) is 43.0. The Morgan fingerprint density at radius 3 is 2.21 bits per heavy atom. The van der Waals surface area contributed by atoms with Gasteiger partial charge in [-0.1, -0.05) is 44.2 Å². The molecule has 0 radical (unpaired) electrons. The van der Waals surface area contributed by atoms with E-state index in [4.69, 9.17) is 4.74 Å². The number of hydrogen-bond donors (Lipinski definition) is 1. The predicted octanol–water partition coefficient (Wildman–Crippen LogP) is 3.25. The first-order valence-electron chi connectivity index (χ1n) is 12.2. The van der Waals surface area contributed by atoms with Gasteiger partial charge in [-0.05, 0) is 42.7 Å². The quantitative estimate of drug-likeness (QED) is 0.713. The molecule has 2 aliphatic heterocycles. The molecule has 1 atom stereocenters. The molecule has 0 saturated carbocycles. The van der Waals surface area contributed by atoms with Gasteiger partial charge in [0.05, 0.1) is 6.61 Å². The number of carbonyl (C=O) groups is 3. The van der Waals surface area contributed by atoms with Crippen LogP contribution in [0.25, 0.3) is 0 Å². The molecule has 1 N–H and O–H groups in total. The number of hydrogen-bond acceptors (Lipinski definition) is 4. The molecule has 180 valence electrons. The molecule has 0 aromatic heterocycles. The lowest BCUT2D eigenvalue weighted by Gasteiger charge is -2.44. The number of rotatable bonds is 6. The van der Waals surface area contributed by atoms with Crippen molar-refractivity contribution in [2.24, 2.45) is 0 Å². The first-order valence-corrected chi connectivity index (χ1v) is 12.2. The Hall–Kier alpha value is -3.19. The molecule has 2 aromatic rings. The SMILES string of the molecule is CCCNC(=O)C1COC2(CCN(C(=O)c3ccc(CC)cc3)CC2)N1C(=O)c1ccccc1. The summed E-state index contributed by atoms with van der Waals surface area (Å²) in [6.45, 7) is 5.69. The van der Waals surface area contributed by atoms with Crippen LogP contribution < -0.4 is 5.32 Å². The fourth-order valence-corrected chi connectivity index (χ4v) is 4.78. The average Bonchev–Trinajstić information content (AvgIpc) is 3.25. The molecule has 1 unspecified atom stereocenters. The number of amides is 3. The van der Waals surface area contributed by atoms with Gasteiger partial charge >= 0.3 is 0 Å². The highest BCUT2D eigenvalue weighted by molar-refractivity contribution is 5.98. The number of carbonyl (C=O) groups excluding carboxylic acids is 3. The van der Waals surface area contributed by atoms with Crippen molar-refractivity contribution in [3.63, 3.8) is 0 Å². The molecule has 7 heteroatoms. The normalized spacial score (nSPS) is 19.3. The van der Waals surface area contributed by atoms with Gasteiger partial charge in [-0.25, -0.2) is 0 Å². The molecule has 2 aliphatic rings. The van der Waals surface area contributed by atoms with Crippen LogP contribution in [0.1, 0.15) is 59.4 Å². The van der Waals surface area contributed by atoms with Crippen molar-refractivity contribution in [3.05, 3.63) is 71.3 Å². The van der Waals surface area contributed by atoms with E-state index >= 15 is 0 Å². The Morgan fingerprint density at radius 2 is 1.59 bits per heavy atom. The maximum atomic E-state index is 13.6. The number of aryl methyl sites for hydroxylation is 1.